The highest BCUT2D eigenvalue weighted by Gasteiger charge is 2.43. The van der Waals surface area contributed by atoms with Crippen LogP contribution in [0.3, 0.4) is 0 Å². The van der Waals surface area contributed by atoms with E-state index in [0.29, 0.717) is 9.88 Å². The number of carbonyl (C=O) groups excluding carboxylic acids is 2. The van der Waals surface area contributed by atoms with Gasteiger partial charge in [-0.25, -0.2) is 0 Å². The van der Waals surface area contributed by atoms with Crippen LogP contribution in [0.4, 0.5) is 5.00 Å². The van der Waals surface area contributed by atoms with Crippen molar-refractivity contribution in [1.29, 1.82) is 0 Å². The van der Waals surface area contributed by atoms with Gasteiger partial charge in [-0.05, 0) is 37.8 Å². The molecule has 3 rings (SSSR count). The molecule has 19 heavy (non-hydrogen) atoms. The Kier molecular flexibility index (Phi) is 3.06. The van der Waals surface area contributed by atoms with Crippen LogP contribution in [0.1, 0.15) is 35.4 Å². The molecule has 0 atom stereocenters. The van der Waals surface area contributed by atoms with Gasteiger partial charge in [0.25, 0.3) is 5.91 Å². The molecular weight excluding hydrogens is 264 g/mol. The van der Waals surface area contributed by atoms with Crippen LogP contribution < -0.4 is 10.6 Å². The summed E-state index contributed by atoms with van der Waals surface area (Å²) in [6, 6.07) is 3.45. The average Bonchev–Trinajstić information content (AvgIpc) is 3.30. The molecule has 5 nitrogen and oxygen atoms in total. The van der Waals surface area contributed by atoms with Gasteiger partial charge in [0.05, 0.1) is 22.0 Å². The number of hydrogen-bond acceptors (Lipinski definition) is 4. The van der Waals surface area contributed by atoms with E-state index in [2.05, 4.69) is 10.6 Å². The maximum atomic E-state index is 12.0. The van der Waals surface area contributed by atoms with Gasteiger partial charge in [-0.15, -0.1) is 11.3 Å². The Hall–Kier alpha value is -1.40. The maximum Gasteiger partial charge on any atom is 0.261 e. The zero-order chi connectivity index (χ0) is 13.5. The number of rotatable bonds is 5. The number of aliphatic hydroxyl groups excluding tert-OH is 1. The van der Waals surface area contributed by atoms with Crippen LogP contribution in [-0.4, -0.2) is 29.1 Å². The summed E-state index contributed by atoms with van der Waals surface area (Å²) in [4.78, 5) is 24.1. The molecule has 102 valence electrons. The van der Waals surface area contributed by atoms with Gasteiger partial charge in [0.2, 0.25) is 5.91 Å². The SMILES string of the molecule is O=C(NC1(CO)CC1)c1ccc(NC(=O)C2CC2)s1. The van der Waals surface area contributed by atoms with Crippen molar-refractivity contribution in [2.45, 2.75) is 31.2 Å². The minimum absolute atomic E-state index is 0.0185. The molecule has 2 amide bonds. The molecule has 2 aliphatic carbocycles. The van der Waals surface area contributed by atoms with E-state index in [1.165, 1.54) is 11.3 Å². The van der Waals surface area contributed by atoms with Gasteiger partial charge in [0.15, 0.2) is 0 Å². The third kappa shape index (κ3) is 2.79. The zero-order valence-electron chi connectivity index (χ0n) is 10.4. The molecule has 3 N–H and O–H groups in total. The Morgan fingerprint density at radius 1 is 1.37 bits per heavy atom. The number of carbonyl (C=O) groups is 2. The topological polar surface area (TPSA) is 78.4 Å². The quantitative estimate of drug-likeness (QED) is 0.762. The predicted octanol–water partition coefficient (Wildman–Crippen LogP) is 1.35. The molecule has 1 heterocycles. The lowest BCUT2D eigenvalue weighted by Crippen LogP contribution is -2.39. The van der Waals surface area contributed by atoms with Crippen molar-refractivity contribution in [2.75, 3.05) is 11.9 Å². The molecule has 1 aromatic heterocycles. The Bertz CT molecular complexity index is 518. The van der Waals surface area contributed by atoms with Crippen LogP contribution in [0.5, 0.6) is 0 Å². The van der Waals surface area contributed by atoms with Crippen LogP contribution in [0.2, 0.25) is 0 Å². The number of thiophene rings is 1. The van der Waals surface area contributed by atoms with Crippen LogP contribution in [0.15, 0.2) is 12.1 Å². The Balaban J connectivity index is 1.60. The lowest BCUT2D eigenvalue weighted by atomic mass is 10.3. The third-order valence-electron chi connectivity index (χ3n) is 3.56. The smallest absolute Gasteiger partial charge is 0.261 e. The predicted molar refractivity (Wildman–Crippen MR) is 72.2 cm³/mol. The van der Waals surface area contributed by atoms with Gasteiger partial charge in [0.1, 0.15) is 0 Å². The second-order valence-electron chi connectivity index (χ2n) is 5.32. The summed E-state index contributed by atoms with van der Waals surface area (Å²) < 4.78 is 0. The van der Waals surface area contributed by atoms with Crippen molar-refractivity contribution < 1.29 is 14.7 Å². The lowest BCUT2D eigenvalue weighted by molar-refractivity contribution is -0.117. The van der Waals surface area contributed by atoms with Crippen LogP contribution in [-0.2, 0) is 4.79 Å². The minimum atomic E-state index is -0.404. The fourth-order valence-corrected chi connectivity index (χ4v) is 2.68. The van der Waals surface area contributed by atoms with E-state index in [4.69, 9.17) is 0 Å². The monoisotopic (exact) mass is 280 g/mol. The largest absolute Gasteiger partial charge is 0.394 e. The summed E-state index contributed by atoms with van der Waals surface area (Å²) in [6.07, 6.45) is 3.57. The van der Waals surface area contributed by atoms with E-state index in [1.54, 1.807) is 12.1 Å². The van der Waals surface area contributed by atoms with E-state index in [1.807, 2.05) is 0 Å². The zero-order valence-corrected chi connectivity index (χ0v) is 11.3. The molecule has 0 radical (unpaired) electrons. The van der Waals surface area contributed by atoms with Crippen LogP contribution in [0, 0.1) is 5.92 Å². The first-order valence-corrected chi connectivity index (χ1v) is 7.28. The van der Waals surface area contributed by atoms with Crippen molar-refractivity contribution in [3.05, 3.63) is 17.0 Å². The maximum absolute atomic E-state index is 12.0. The van der Waals surface area contributed by atoms with Crippen molar-refractivity contribution in [3.63, 3.8) is 0 Å². The van der Waals surface area contributed by atoms with E-state index < -0.39 is 5.54 Å². The minimum Gasteiger partial charge on any atom is -0.394 e. The molecule has 0 aliphatic heterocycles. The summed E-state index contributed by atoms with van der Waals surface area (Å²) in [5.74, 6) is 0.0230. The summed E-state index contributed by atoms with van der Waals surface area (Å²) in [6.45, 7) is -0.0185. The lowest BCUT2D eigenvalue weighted by Gasteiger charge is -2.12. The first-order chi connectivity index (χ1) is 9.12. The highest BCUT2D eigenvalue weighted by Crippen LogP contribution is 2.35. The molecule has 0 unspecified atom stereocenters. The van der Waals surface area contributed by atoms with Crippen molar-refractivity contribution in [2.24, 2.45) is 5.92 Å². The van der Waals surface area contributed by atoms with Crippen molar-refractivity contribution in [1.82, 2.24) is 5.32 Å². The van der Waals surface area contributed by atoms with E-state index in [9.17, 15) is 14.7 Å². The number of amides is 2. The van der Waals surface area contributed by atoms with Gasteiger partial charge >= 0.3 is 0 Å². The number of nitrogens with one attached hydrogen (secondary N) is 2. The van der Waals surface area contributed by atoms with Crippen LogP contribution >= 0.6 is 11.3 Å². The fourth-order valence-electron chi connectivity index (χ4n) is 1.87. The van der Waals surface area contributed by atoms with E-state index in [0.717, 1.165) is 25.7 Å². The number of hydrogen-bond donors (Lipinski definition) is 3. The first kappa shape index (κ1) is 12.6. The Morgan fingerprint density at radius 3 is 2.68 bits per heavy atom. The van der Waals surface area contributed by atoms with Crippen molar-refractivity contribution >= 4 is 28.2 Å². The van der Waals surface area contributed by atoms with Gasteiger partial charge in [-0.3, -0.25) is 9.59 Å². The molecule has 1 aromatic rings. The molecule has 0 bridgehead atoms. The highest BCUT2D eigenvalue weighted by molar-refractivity contribution is 7.18. The fraction of sp³-hybridized carbons (Fsp3) is 0.538. The molecular formula is C13H16N2O3S. The summed E-state index contributed by atoms with van der Waals surface area (Å²) >= 11 is 1.27. The molecule has 0 aromatic carbocycles. The number of aliphatic hydroxyl groups is 1. The Labute approximate surface area is 115 Å². The number of anilines is 1. The second kappa shape index (κ2) is 4.61. The van der Waals surface area contributed by atoms with Crippen LogP contribution in [0.25, 0.3) is 0 Å². The van der Waals surface area contributed by atoms with Gasteiger partial charge in [0, 0.05) is 5.92 Å². The summed E-state index contributed by atoms with van der Waals surface area (Å²) in [5.41, 5.74) is -0.404. The molecule has 6 heteroatoms. The highest BCUT2D eigenvalue weighted by atomic mass is 32.1. The normalized spacial score (nSPS) is 19.8. The molecule has 2 fully saturated rings. The van der Waals surface area contributed by atoms with Gasteiger partial charge < -0.3 is 15.7 Å². The summed E-state index contributed by atoms with van der Waals surface area (Å²) in [5, 5.41) is 15.5. The molecule has 2 saturated carbocycles. The standard InChI is InChI=1S/C13H16N2O3S/c16-7-13(5-6-13)15-12(18)9-3-4-10(19-9)14-11(17)8-1-2-8/h3-4,8,16H,1-2,5-7H2,(H,14,17)(H,15,18). The average molecular weight is 280 g/mol. The second-order valence-corrected chi connectivity index (χ2v) is 6.40. The van der Waals surface area contributed by atoms with Gasteiger partial charge in [-0.1, -0.05) is 0 Å². The Morgan fingerprint density at radius 2 is 2.11 bits per heavy atom. The van der Waals surface area contributed by atoms with E-state index >= 15 is 0 Å². The first-order valence-electron chi connectivity index (χ1n) is 6.46. The third-order valence-corrected chi connectivity index (χ3v) is 4.56. The molecule has 0 spiro atoms. The van der Waals surface area contributed by atoms with Crippen molar-refractivity contribution in [3.8, 4) is 0 Å². The van der Waals surface area contributed by atoms with E-state index in [-0.39, 0.29) is 24.3 Å². The molecule has 0 saturated heterocycles. The summed E-state index contributed by atoms with van der Waals surface area (Å²) in [7, 11) is 0. The van der Waals surface area contributed by atoms with Gasteiger partial charge in [-0.2, -0.15) is 0 Å². The molecule has 2 aliphatic rings.